The van der Waals surface area contributed by atoms with Gasteiger partial charge in [0.25, 0.3) is 5.69 Å². The van der Waals surface area contributed by atoms with Crippen LogP contribution in [0.15, 0.2) is 61.2 Å². The zero-order valence-electron chi connectivity index (χ0n) is 16.2. The summed E-state index contributed by atoms with van der Waals surface area (Å²) in [7, 11) is 0. The van der Waals surface area contributed by atoms with Crippen molar-refractivity contribution in [3.8, 4) is 0 Å². The zero-order valence-corrected chi connectivity index (χ0v) is 17.3. The van der Waals surface area contributed by atoms with Crippen LogP contribution in [0.2, 0.25) is 0 Å². The van der Waals surface area contributed by atoms with Crippen LogP contribution >= 0.6 is 0 Å². The molecule has 0 radical (unpaired) electrons. The van der Waals surface area contributed by atoms with Crippen molar-refractivity contribution in [2.24, 2.45) is 0 Å². The van der Waals surface area contributed by atoms with Crippen LogP contribution in [0.1, 0.15) is 34.2 Å². The van der Waals surface area contributed by atoms with Crippen molar-refractivity contribution >= 4 is 17.5 Å². The molecule has 10 nitrogen and oxygen atoms in total. The van der Waals surface area contributed by atoms with Gasteiger partial charge in [0.05, 0.1) is 28.5 Å². The van der Waals surface area contributed by atoms with Gasteiger partial charge in [0.15, 0.2) is 0 Å². The molecule has 1 aromatic carbocycles. The van der Waals surface area contributed by atoms with Gasteiger partial charge in [0, 0.05) is 24.0 Å². The first-order valence-corrected chi connectivity index (χ1v) is 9.12. The van der Waals surface area contributed by atoms with Gasteiger partial charge in [0.2, 0.25) is 0 Å². The van der Waals surface area contributed by atoms with Crippen LogP contribution in [0.4, 0.5) is 5.69 Å². The number of aromatic amines is 1. The number of hydrogen-bond donors (Lipinski definition) is 1. The Bertz CT molecular complexity index is 1010. The second-order valence-corrected chi connectivity index (χ2v) is 6.27. The summed E-state index contributed by atoms with van der Waals surface area (Å²) in [6.45, 7) is 0.210. The second kappa shape index (κ2) is 11.6. The predicted octanol–water partition coefficient (Wildman–Crippen LogP) is 3.50. The topological polar surface area (TPSA) is 147 Å². The maximum absolute atomic E-state index is 12.5. The van der Waals surface area contributed by atoms with Crippen molar-refractivity contribution in [2.45, 2.75) is 18.9 Å². The normalized spacial score (nSPS) is 11.1. The quantitative estimate of drug-likeness (QED) is 0.292. The van der Waals surface area contributed by atoms with Crippen LogP contribution in [0, 0.1) is 10.1 Å². The van der Waals surface area contributed by atoms with Gasteiger partial charge in [-0.25, -0.2) is 4.98 Å². The number of nitrogens with one attached hydrogen (secondary N) is 1. The first-order valence-electron chi connectivity index (χ1n) is 9.12. The molecule has 0 aliphatic carbocycles. The minimum Gasteiger partial charge on any atom is -0.653 e. The van der Waals surface area contributed by atoms with E-state index in [2.05, 4.69) is 25.6 Å². The van der Waals surface area contributed by atoms with Crippen LogP contribution in [0.3, 0.4) is 0 Å². The standard InChI is InChI=1S/C20H20N6O4.Fe/c27-19(23-10-8-14-12-21-13-24-14)11-17(15-5-1-2-7-18(15)26(29)30)25-20(28)16-6-3-4-9-22-16;/h1-7,9,12-13,17H,8,10-11H2,(H3,21,23,24,25,27,28);/q;+2/p-2. The molecule has 3 aromatic rings. The van der Waals surface area contributed by atoms with Crippen LogP contribution in [0.5, 0.6) is 0 Å². The Balaban J connectivity index is 0.00000341. The first kappa shape index (κ1) is 23.7. The molecule has 0 aliphatic heterocycles. The molecule has 11 heteroatoms. The van der Waals surface area contributed by atoms with Crippen molar-refractivity contribution in [3.05, 3.63) is 98.9 Å². The Morgan fingerprint density at radius 2 is 1.90 bits per heavy atom. The fourth-order valence-corrected chi connectivity index (χ4v) is 2.81. The summed E-state index contributed by atoms with van der Waals surface area (Å²) < 4.78 is 0. The van der Waals surface area contributed by atoms with Crippen molar-refractivity contribution in [1.29, 1.82) is 0 Å². The van der Waals surface area contributed by atoms with E-state index < -0.39 is 22.8 Å². The van der Waals surface area contributed by atoms with Crippen LogP contribution in [0.25, 0.3) is 10.6 Å². The van der Waals surface area contributed by atoms with Gasteiger partial charge in [-0.15, -0.1) is 6.54 Å². The van der Waals surface area contributed by atoms with E-state index in [4.69, 9.17) is 0 Å². The molecule has 0 saturated heterocycles. The number of hydrogen-bond acceptors (Lipinski definition) is 6. The number of amides is 2. The fraction of sp³-hybridized carbons (Fsp3) is 0.200. The Labute approximate surface area is 188 Å². The first-order chi connectivity index (χ1) is 14.5. The van der Waals surface area contributed by atoms with Gasteiger partial charge in [-0.1, -0.05) is 30.3 Å². The van der Waals surface area contributed by atoms with E-state index in [-0.39, 0.29) is 47.0 Å². The molecule has 0 aliphatic rings. The number of imidazole rings is 1. The SMILES string of the molecule is O=C(CC([N-]C(=O)c1ccccn1)c1ccccc1[N+](=O)[O-])[N-]CCc1c[nH]cn1.[Fe+2]. The average Bonchev–Trinajstić information content (AvgIpc) is 3.27. The largest absolute Gasteiger partial charge is 2.00 e. The van der Waals surface area contributed by atoms with Gasteiger partial charge in [-0.3, -0.25) is 15.1 Å². The Morgan fingerprint density at radius 1 is 1.13 bits per heavy atom. The van der Waals surface area contributed by atoms with E-state index in [1.807, 2.05) is 0 Å². The van der Waals surface area contributed by atoms with E-state index in [0.717, 1.165) is 5.69 Å². The van der Waals surface area contributed by atoms with E-state index >= 15 is 0 Å². The number of carbonyl (C=O) groups excluding carboxylic acids is 2. The number of nitro benzene ring substituents is 1. The molecular formula is C20H18FeN6O4. The molecule has 0 saturated carbocycles. The summed E-state index contributed by atoms with van der Waals surface area (Å²) in [5.41, 5.74) is 0.799. The van der Waals surface area contributed by atoms with Crippen molar-refractivity contribution in [1.82, 2.24) is 15.0 Å². The molecule has 1 atom stereocenters. The van der Waals surface area contributed by atoms with Gasteiger partial charge in [-0.2, -0.15) is 0 Å². The van der Waals surface area contributed by atoms with Gasteiger partial charge in [0.1, 0.15) is 5.91 Å². The number of benzene rings is 1. The molecule has 2 aromatic heterocycles. The van der Waals surface area contributed by atoms with Crippen LogP contribution in [-0.2, 0) is 28.3 Å². The number of aromatic nitrogens is 3. The Hall–Kier alpha value is -3.56. The number of H-pyrrole nitrogens is 1. The van der Waals surface area contributed by atoms with E-state index in [1.165, 1.54) is 36.8 Å². The average molecular weight is 462 g/mol. The summed E-state index contributed by atoms with van der Waals surface area (Å²) in [5.74, 6) is -1.17. The number of pyridine rings is 1. The molecule has 0 spiro atoms. The monoisotopic (exact) mass is 462 g/mol. The van der Waals surface area contributed by atoms with E-state index in [9.17, 15) is 19.7 Å². The van der Waals surface area contributed by atoms with Crippen molar-refractivity contribution in [2.75, 3.05) is 6.54 Å². The number of nitrogens with zero attached hydrogens (tertiary/aromatic N) is 5. The molecule has 0 bridgehead atoms. The van der Waals surface area contributed by atoms with E-state index in [1.54, 1.807) is 24.4 Å². The Kier molecular flexibility index (Phi) is 8.86. The molecule has 31 heavy (non-hydrogen) atoms. The number of carbonyl (C=O) groups is 2. The number of nitro groups is 1. The van der Waals surface area contributed by atoms with Crippen LogP contribution in [-0.4, -0.2) is 38.2 Å². The number of rotatable bonds is 9. The molecule has 3 rings (SSSR count). The maximum Gasteiger partial charge on any atom is 2.00 e. The molecule has 2 heterocycles. The number of para-hydroxylation sites is 1. The summed E-state index contributed by atoms with van der Waals surface area (Å²) in [4.78, 5) is 46.6. The summed E-state index contributed by atoms with van der Waals surface area (Å²) in [6.07, 6.45) is 4.87. The third-order valence-electron chi connectivity index (χ3n) is 4.23. The minimum absolute atomic E-state index is 0. The zero-order chi connectivity index (χ0) is 21.3. The summed E-state index contributed by atoms with van der Waals surface area (Å²) in [5, 5.41) is 19.4. The molecule has 0 fully saturated rings. The Morgan fingerprint density at radius 3 is 2.58 bits per heavy atom. The smallest absolute Gasteiger partial charge is 0.653 e. The third-order valence-corrected chi connectivity index (χ3v) is 4.23. The van der Waals surface area contributed by atoms with Gasteiger partial charge in [-0.05, 0) is 25.0 Å². The summed E-state index contributed by atoms with van der Waals surface area (Å²) >= 11 is 0. The fourth-order valence-electron chi connectivity index (χ4n) is 2.81. The van der Waals surface area contributed by atoms with Crippen LogP contribution < -0.4 is 0 Å². The molecular weight excluding hydrogens is 444 g/mol. The third kappa shape index (κ3) is 6.73. The maximum atomic E-state index is 12.5. The second-order valence-electron chi connectivity index (χ2n) is 6.27. The van der Waals surface area contributed by atoms with Gasteiger partial charge < -0.3 is 25.2 Å². The summed E-state index contributed by atoms with van der Waals surface area (Å²) in [6, 6.07) is 9.60. The minimum atomic E-state index is -1.05. The van der Waals surface area contributed by atoms with Gasteiger partial charge >= 0.3 is 17.1 Å². The molecule has 160 valence electrons. The van der Waals surface area contributed by atoms with Crippen molar-refractivity contribution < 1.29 is 31.6 Å². The molecule has 1 unspecified atom stereocenters. The molecule has 1 N–H and O–H groups in total. The van der Waals surface area contributed by atoms with E-state index in [0.29, 0.717) is 6.42 Å². The molecule has 2 amide bonds. The van der Waals surface area contributed by atoms with Crippen molar-refractivity contribution in [3.63, 3.8) is 0 Å². The predicted molar refractivity (Wildman–Crippen MR) is 108 cm³/mol.